The van der Waals surface area contributed by atoms with E-state index in [9.17, 15) is 9.18 Å². The van der Waals surface area contributed by atoms with Crippen molar-refractivity contribution in [3.63, 3.8) is 0 Å². The number of ether oxygens (including phenoxy) is 1. The van der Waals surface area contributed by atoms with Gasteiger partial charge < -0.3 is 10.1 Å². The first-order valence-corrected chi connectivity index (χ1v) is 9.55. The van der Waals surface area contributed by atoms with Gasteiger partial charge >= 0.3 is 0 Å². The zero-order chi connectivity index (χ0) is 18.7. The highest BCUT2D eigenvalue weighted by Gasteiger charge is 2.50. The second-order valence-electron chi connectivity index (χ2n) is 7.68. The Hall–Kier alpha value is -2.24. The third kappa shape index (κ3) is 4.04. The molecule has 0 saturated carbocycles. The molecule has 2 fully saturated rings. The van der Waals surface area contributed by atoms with Crippen LogP contribution in [-0.4, -0.2) is 37.1 Å². The van der Waals surface area contributed by atoms with Gasteiger partial charge in [0.15, 0.2) is 0 Å². The molecule has 4 rings (SSSR count). The molecule has 0 unspecified atom stereocenters. The molecule has 0 aliphatic carbocycles. The summed E-state index contributed by atoms with van der Waals surface area (Å²) in [6.45, 7) is 3.74. The molecule has 2 aromatic rings. The topological polar surface area (TPSA) is 41.6 Å². The number of rotatable bonds is 4. The van der Waals surface area contributed by atoms with Crippen molar-refractivity contribution in [2.24, 2.45) is 11.3 Å². The summed E-state index contributed by atoms with van der Waals surface area (Å²) >= 11 is 0. The SMILES string of the molecule is O=C(Nc1ccccc1)[C@@H]1CN(Cc2ccc(F)cc2)CC12CCOCC2. The van der Waals surface area contributed by atoms with Crippen molar-refractivity contribution in [1.82, 2.24) is 4.90 Å². The molecule has 2 aliphatic heterocycles. The Bertz CT molecular complexity index is 773. The Balaban J connectivity index is 1.51. The van der Waals surface area contributed by atoms with Gasteiger partial charge in [-0.1, -0.05) is 30.3 Å². The van der Waals surface area contributed by atoms with E-state index in [2.05, 4.69) is 10.2 Å². The minimum atomic E-state index is -0.221. The molecule has 0 aromatic heterocycles. The largest absolute Gasteiger partial charge is 0.381 e. The predicted octanol–water partition coefficient (Wildman–Crippen LogP) is 3.69. The van der Waals surface area contributed by atoms with Crippen molar-refractivity contribution in [2.45, 2.75) is 19.4 Å². The van der Waals surface area contributed by atoms with Crippen molar-refractivity contribution in [1.29, 1.82) is 0 Å². The van der Waals surface area contributed by atoms with E-state index in [4.69, 9.17) is 4.74 Å². The number of halogens is 1. The molecule has 2 heterocycles. The molecule has 5 heteroatoms. The van der Waals surface area contributed by atoms with Gasteiger partial charge in [-0.15, -0.1) is 0 Å². The lowest BCUT2D eigenvalue weighted by molar-refractivity contribution is -0.124. The van der Waals surface area contributed by atoms with Crippen LogP contribution in [0.2, 0.25) is 0 Å². The molecule has 0 bridgehead atoms. The van der Waals surface area contributed by atoms with E-state index in [1.165, 1.54) is 12.1 Å². The number of para-hydroxylation sites is 1. The molecular weight excluding hydrogens is 343 g/mol. The Morgan fingerprint density at radius 1 is 1.11 bits per heavy atom. The van der Waals surface area contributed by atoms with Crippen molar-refractivity contribution in [3.8, 4) is 0 Å². The Kier molecular flexibility index (Phi) is 5.23. The summed E-state index contributed by atoms with van der Waals surface area (Å²) in [5.41, 5.74) is 1.86. The van der Waals surface area contributed by atoms with Gasteiger partial charge in [0.05, 0.1) is 5.92 Å². The van der Waals surface area contributed by atoms with Gasteiger partial charge in [0.1, 0.15) is 5.82 Å². The first-order chi connectivity index (χ1) is 13.1. The lowest BCUT2D eigenvalue weighted by Crippen LogP contribution is -2.42. The van der Waals surface area contributed by atoms with Gasteiger partial charge in [0.2, 0.25) is 5.91 Å². The Labute approximate surface area is 159 Å². The summed E-state index contributed by atoms with van der Waals surface area (Å²) in [5, 5.41) is 3.09. The Morgan fingerprint density at radius 2 is 1.81 bits per heavy atom. The summed E-state index contributed by atoms with van der Waals surface area (Å²) < 4.78 is 18.8. The average molecular weight is 368 g/mol. The highest BCUT2D eigenvalue weighted by atomic mass is 19.1. The van der Waals surface area contributed by atoms with Crippen LogP contribution < -0.4 is 5.32 Å². The second kappa shape index (κ2) is 7.79. The van der Waals surface area contributed by atoms with Gasteiger partial charge in [0.25, 0.3) is 0 Å². The van der Waals surface area contributed by atoms with Gasteiger partial charge in [0, 0.05) is 44.0 Å². The highest BCUT2D eigenvalue weighted by molar-refractivity contribution is 5.93. The third-order valence-electron chi connectivity index (χ3n) is 5.88. The Morgan fingerprint density at radius 3 is 2.52 bits per heavy atom. The van der Waals surface area contributed by atoms with Crippen LogP contribution in [0.1, 0.15) is 18.4 Å². The summed E-state index contributed by atoms with van der Waals surface area (Å²) in [7, 11) is 0. The van der Waals surface area contributed by atoms with Gasteiger partial charge in [-0.25, -0.2) is 4.39 Å². The van der Waals surface area contributed by atoms with Crippen LogP contribution in [0.4, 0.5) is 10.1 Å². The number of amides is 1. The third-order valence-corrected chi connectivity index (χ3v) is 5.88. The number of likely N-dealkylation sites (tertiary alicyclic amines) is 1. The molecule has 2 aliphatic rings. The van der Waals surface area contributed by atoms with E-state index >= 15 is 0 Å². The maximum Gasteiger partial charge on any atom is 0.229 e. The summed E-state index contributed by atoms with van der Waals surface area (Å²) in [6.07, 6.45) is 1.81. The van der Waals surface area contributed by atoms with Crippen molar-refractivity contribution in [2.75, 3.05) is 31.6 Å². The maximum atomic E-state index is 13.2. The quantitative estimate of drug-likeness (QED) is 0.895. The molecule has 1 N–H and O–H groups in total. The maximum absolute atomic E-state index is 13.2. The van der Waals surface area contributed by atoms with E-state index in [-0.39, 0.29) is 23.1 Å². The van der Waals surface area contributed by atoms with E-state index in [1.54, 1.807) is 0 Å². The summed E-state index contributed by atoms with van der Waals surface area (Å²) in [6, 6.07) is 16.3. The van der Waals surface area contributed by atoms with Crippen LogP contribution in [-0.2, 0) is 16.1 Å². The number of anilines is 1. The van der Waals surface area contributed by atoms with Crippen LogP contribution in [0.15, 0.2) is 54.6 Å². The van der Waals surface area contributed by atoms with Crippen LogP contribution in [0.5, 0.6) is 0 Å². The minimum absolute atomic E-state index is 0.0445. The number of carbonyl (C=O) groups is 1. The molecule has 142 valence electrons. The molecule has 2 saturated heterocycles. The summed E-state index contributed by atoms with van der Waals surface area (Å²) in [5.74, 6) is -0.201. The number of nitrogens with one attached hydrogen (secondary N) is 1. The van der Waals surface area contributed by atoms with Crippen LogP contribution >= 0.6 is 0 Å². The molecular formula is C22H25FN2O2. The van der Waals surface area contributed by atoms with Gasteiger partial charge in [-0.05, 0) is 42.7 Å². The number of nitrogens with zero attached hydrogens (tertiary/aromatic N) is 1. The first kappa shape index (κ1) is 18.1. The number of hydrogen-bond donors (Lipinski definition) is 1. The van der Waals surface area contributed by atoms with E-state index in [1.807, 2.05) is 42.5 Å². The van der Waals surface area contributed by atoms with Crippen molar-refractivity contribution in [3.05, 3.63) is 66.0 Å². The molecule has 4 nitrogen and oxygen atoms in total. The van der Waals surface area contributed by atoms with Crippen LogP contribution in [0, 0.1) is 17.2 Å². The van der Waals surface area contributed by atoms with Crippen LogP contribution in [0.3, 0.4) is 0 Å². The zero-order valence-corrected chi connectivity index (χ0v) is 15.4. The average Bonchev–Trinajstić information content (AvgIpc) is 3.02. The lowest BCUT2D eigenvalue weighted by atomic mass is 9.71. The second-order valence-corrected chi connectivity index (χ2v) is 7.68. The predicted molar refractivity (Wildman–Crippen MR) is 103 cm³/mol. The fourth-order valence-corrected chi connectivity index (χ4v) is 4.44. The van der Waals surface area contributed by atoms with Crippen molar-refractivity contribution >= 4 is 11.6 Å². The number of hydrogen-bond acceptors (Lipinski definition) is 3. The zero-order valence-electron chi connectivity index (χ0n) is 15.4. The molecule has 2 aromatic carbocycles. The normalized spacial score (nSPS) is 22.0. The molecule has 0 radical (unpaired) electrons. The number of carbonyl (C=O) groups excluding carboxylic acids is 1. The van der Waals surface area contributed by atoms with E-state index in [0.29, 0.717) is 13.2 Å². The minimum Gasteiger partial charge on any atom is -0.381 e. The molecule has 1 spiro atoms. The smallest absolute Gasteiger partial charge is 0.229 e. The van der Waals surface area contributed by atoms with Crippen molar-refractivity contribution < 1.29 is 13.9 Å². The lowest BCUT2D eigenvalue weighted by Gasteiger charge is -2.37. The van der Waals surface area contributed by atoms with E-state index in [0.717, 1.165) is 43.7 Å². The molecule has 1 atom stereocenters. The fourth-order valence-electron chi connectivity index (χ4n) is 4.44. The highest BCUT2D eigenvalue weighted by Crippen LogP contribution is 2.45. The van der Waals surface area contributed by atoms with E-state index < -0.39 is 0 Å². The van der Waals surface area contributed by atoms with Gasteiger partial charge in [-0.3, -0.25) is 9.69 Å². The molecule has 27 heavy (non-hydrogen) atoms. The molecule has 1 amide bonds. The first-order valence-electron chi connectivity index (χ1n) is 9.55. The number of benzene rings is 2. The summed E-state index contributed by atoms with van der Waals surface area (Å²) in [4.78, 5) is 15.4. The standard InChI is InChI=1S/C22H25FN2O2/c23-18-8-6-17(7-9-18)14-25-15-20(22(16-25)10-12-27-13-11-22)21(26)24-19-4-2-1-3-5-19/h1-9,20H,10-16H2,(H,24,26)/t20-/m0/s1. The van der Waals surface area contributed by atoms with Crippen LogP contribution in [0.25, 0.3) is 0 Å². The van der Waals surface area contributed by atoms with Gasteiger partial charge in [-0.2, -0.15) is 0 Å². The fraction of sp³-hybridized carbons (Fsp3) is 0.409. The monoisotopic (exact) mass is 368 g/mol.